The third kappa shape index (κ3) is 3.54. The van der Waals surface area contributed by atoms with Crippen molar-refractivity contribution in [2.45, 2.75) is 19.9 Å². The van der Waals surface area contributed by atoms with Gasteiger partial charge in [0.05, 0.1) is 11.9 Å². The number of aryl methyl sites for hydroxylation is 1. The largest absolute Gasteiger partial charge is 0.352 e. The Hall–Kier alpha value is -2.75. The first kappa shape index (κ1) is 15.2. The first-order valence-corrected chi connectivity index (χ1v) is 7.49. The standard InChI is InChI=1S/C19H17FN2O/c1-13-10-15(16-7-3-5-9-18(16)22-13)12-21-19(23)11-14-6-2-4-8-17(14)20/h2-10H,11-12H2,1H3,(H,21,23). The van der Waals surface area contributed by atoms with E-state index >= 15 is 0 Å². The summed E-state index contributed by atoms with van der Waals surface area (Å²) in [6, 6.07) is 16.1. The zero-order valence-corrected chi connectivity index (χ0v) is 12.8. The van der Waals surface area contributed by atoms with E-state index in [2.05, 4.69) is 10.3 Å². The van der Waals surface area contributed by atoms with Gasteiger partial charge in [-0.15, -0.1) is 0 Å². The molecule has 0 unspecified atom stereocenters. The van der Waals surface area contributed by atoms with Gasteiger partial charge in [0.25, 0.3) is 0 Å². The molecular formula is C19H17FN2O. The molecule has 0 saturated carbocycles. The lowest BCUT2D eigenvalue weighted by atomic mass is 10.1. The van der Waals surface area contributed by atoms with Crippen molar-refractivity contribution in [1.82, 2.24) is 10.3 Å². The molecule has 1 heterocycles. The van der Waals surface area contributed by atoms with Crippen LogP contribution in [-0.4, -0.2) is 10.9 Å². The van der Waals surface area contributed by atoms with E-state index in [1.165, 1.54) is 6.07 Å². The fourth-order valence-electron chi connectivity index (χ4n) is 2.61. The summed E-state index contributed by atoms with van der Waals surface area (Å²) in [5.41, 5.74) is 3.23. The van der Waals surface area contributed by atoms with Gasteiger partial charge in [-0.05, 0) is 36.2 Å². The Kier molecular flexibility index (Phi) is 4.33. The molecule has 23 heavy (non-hydrogen) atoms. The lowest BCUT2D eigenvalue weighted by Crippen LogP contribution is -2.25. The summed E-state index contributed by atoms with van der Waals surface area (Å²) in [6.45, 7) is 2.33. The highest BCUT2D eigenvalue weighted by atomic mass is 19.1. The second-order valence-corrected chi connectivity index (χ2v) is 5.48. The van der Waals surface area contributed by atoms with Crippen LogP contribution < -0.4 is 5.32 Å². The van der Waals surface area contributed by atoms with Gasteiger partial charge in [-0.1, -0.05) is 36.4 Å². The van der Waals surface area contributed by atoms with E-state index in [0.29, 0.717) is 12.1 Å². The number of halogens is 1. The van der Waals surface area contributed by atoms with Gasteiger partial charge in [0.15, 0.2) is 0 Å². The van der Waals surface area contributed by atoms with E-state index in [1.54, 1.807) is 18.2 Å². The lowest BCUT2D eigenvalue weighted by molar-refractivity contribution is -0.120. The molecule has 1 amide bonds. The highest BCUT2D eigenvalue weighted by Crippen LogP contribution is 2.18. The van der Waals surface area contributed by atoms with Crippen molar-refractivity contribution in [2.24, 2.45) is 0 Å². The van der Waals surface area contributed by atoms with E-state index in [-0.39, 0.29) is 18.1 Å². The number of nitrogens with zero attached hydrogens (tertiary/aromatic N) is 1. The van der Waals surface area contributed by atoms with Crippen LogP contribution in [0, 0.1) is 12.7 Å². The molecule has 0 fully saturated rings. The quantitative estimate of drug-likeness (QED) is 0.801. The van der Waals surface area contributed by atoms with Gasteiger partial charge in [0, 0.05) is 17.6 Å². The summed E-state index contributed by atoms with van der Waals surface area (Å²) in [5, 5.41) is 3.88. The van der Waals surface area contributed by atoms with Crippen molar-refractivity contribution in [2.75, 3.05) is 0 Å². The average molecular weight is 308 g/mol. The molecule has 3 aromatic rings. The maximum Gasteiger partial charge on any atom is 0.224 e. The minimum atomic E-state index is -0.354. The molecule has 0 radical (unpaired) electrons. The number of hydrogen-bond donors (Lipinski definition) is 1. The van der Waals surface area contributed by atoms with Gasteiger partial charge in [-0.3, -0.25) is 9.78 Å². The number of nitrogens with one attached hydrogen (secondary N) is 1. The summed E-state index contributed by atoms with van der Waals surface area (Å²) in [6.07, 6.45) is 0.0364. The third-order valence-corrected chi connectivity index (χ3v) is 3.71. The number of hydrogen-bond acceptors (Lipinski definition) is 2. The fraction of sp³-hybridized carbons (Fsp3) is 0.158. The van der Waals surface area contributed by atoms with Gasteiger partial charge in [-0.2, -0.15) is 0 Å². The maximum atomic E-state index is 13.6. The molecule has 2 aromatic carbocycles. The minimum absolute atomic E-state index is 0.0364. The number of pyridine rings is 1. The third-order valence-electron chi connectivity index (χ3n) is 3.71. The molecule has 116 valence electrons. The molecule has 1 N–H and O–H groups in total. The van der Waals surface area contributed by atoms with Crippen molar-refractivity contribution < 1.29 is 9.18 Å². The number of rotatable bonds is 4. The highest BCUT2D eigenvalue weighted by molar-refractivity contribution is 5.83. The van der Waals surface area contributed by atoms with Gasteiger partial charge in [-0.25, -0.2) is 4.39 Å². The Bertz CT molecular complexity index is 861. The second kappa shape index (κ2) is 6.57. The maximum absolute atomic E-state index is 13.6. The summed E-state index contributed by atoms with van der Waals surface area (Å²) in [7, 11) is 0. The zero-order chi connectivity index (χ0) is 16.2. The van der Waals surface area contributed by atoms with E-state index in [0.717, 1.165) is 22.2 Å². The van der Waals surface area contributed by atoms with Crippen LogP contribution in [-0.2, 0) is 17.8 Å². The van der Waals surface area contributed by atoms with E-state index < -0.39 is 0 Å². The summed E-state index contributed by atoms with van der Waals surface area (Å²) >= 11 is 0. The van der Waals surface area contributed by atoms with Crippen molar-refractivity contribution in [3.8, 4) is 0 Å². The highest BCUT2D eigenvalue weighted by Gasteiger charge is 2.09. The second-order valence-electron chi connectivity index (χ2n) is 5.48. The molecule has 0 aliphatic carbocycles. The molecule has 0 atom stereocenters. The van der Waals surface area contributed by atoms with E-state index in [4.69, 9.17) is 0 Å². The molecular weight excluding hydrogens is 291 g/mol. The zero-order valence-electron chi connectivity index (χ0n) is 12.8. The van der Waals surface area contributed by atoms with E-state index in [1.807, 2.05) is 37.3 Å². The Morgan fingerprint density at radius 3 is 2.65 bits per heavy atom. The van der Waals surface area contributed by atoms with Crippen LogP contribution in [0.2, 0.25) is 0 Å². The number of carbonyl (C=O) groups excluding carboxylic acids is 1. The first-order chi connectivity index (χ1) is 11.1. The van der Waals surface area contributed by atoms with Crippen molar-refractivity contribution in [3.63, 3.8) is 0 Å². The minimum Gasteiger partial charge on any atom is -0.352 e. The predicted octanol–water partition coefficient (Wildman–Crippen LogP) is 3.54. The smallest absolute Gasteiger partial charge is 0.224 e. The molecule has 4 heteroatoms. The first-order valence-electron chi connectivity index (χ1n) is 7.49. The van der Waals surface area contributed by atoms with Crippen molar-refractivity contribution >= 4 is 16.8 Å². The summed E-state index contributed by atoms with van der Waals surface area (Å²) in [4.78, 5) is 16.5. The molecule has 0 saturated heterocycles. The Morgan fingerprint density at radius 2 is 1.83 bits per heavy atom. The van der Waals surface area contributed by atoms with Crippen LogP contribution in [0.4, 0.5) is 4.39 Å². The van der Waals surface area contributed by atoms with Crippen LogP contribution in [0.15, 0.2) is 54.6 Å². The normalized spacial score (nSPS) is 10.7. The van der Waals surface area contributed by atoms with Gasteiger partial charge >= 0.3 is 0 Å². The van der Waals surface area contributed by atoms with Crippen LogP contribution in [0.3, 0.4) is 0 Å². The Morgan fingerprint density at radius 1 is 1.09 bits per heavy atom. The lowest BCUT2D eigenvalue weighted by Gasteiger charge is -2.10. The SMILES string of the molecule is Cc1cc(CNC(=O)Cc2ccccc2F)c2ccccc2n1. The number of fused-ring (bicyclic) bond motifs is 1. The molecule has 3 nitrogen and oxygen atoms in total. The number of para-hydroxylation sites is 1. The van der Waals surface area contributed by atoms with E-state index in [9.17, 15) is 9.18 Å². The Balaban J connectivity index is 1.73. The number of amides is 1. The summed E-state index contributed by atoms with van der Waals surface area (Å²) < 4.78 is 13.6. The van der Waals surface area contributed by atoms with Crippen LogP contribution in [0.25, 0.3) is 10.9 Å². The van der Waals surface area contributed by atoms with Gasteiger partial charge in [0.1, 0.15) is 5.82 Å². The Labute approximate surface area is 134 Å². The predicted molar refractivity (Wildman–Crippen MR) is 88.4 cm³/mol. The molecule has 1 aromatic heterocycles. The number of aromatic nitrogens is 1. The number of benzene rings is 2. The van der Waals surface area contributed by atoms with Crippen LogP contribution >= 0.6 is 0 Å². The molecule has 0 bridgehead atoms. The monoisotopic (exact) mass is 308 g/mol. The molecule has 3 rings (SSSR count). The van der Waals surface area contributed by atoms with Gasteiger partial charge < -0.3 is 5.32 Å². The summed E-state index contributed by atoms with van der Waals surface area (Å²) in [5.74, 6) is -0.554. The van der Waals surface area contributed by atoms with Crippen LogP contribution in [0.5, 0.6) is 0 Å². The molecule has 0 spiro atoms. The average Bonchev–Trinajstić information content (AvgIpc) is 2.54. The fourth-order valence-corrected chi connectivity index (χ4v) is 2.61. The topological polar surface area (TPSA) is 42.0 Å². The number of carbonyl (C=O) groups is 1. The van der Waals surface area contributed by atoms with Crippen LogP contribution in [0.1, 0.15) is 16.8 Å². The van der Waals surface area contributed by atoms with Crippen molar-refractivity contribution in [1.29, 1.82) is 0 Å². The molecule has 0 aliphatic heterocycles. The van der Waals surface area contributed by atoms with Crippen molar-refractivity contribution in [3.05, 3.63) is 77.2 Å². The van der Waals surface area contributed by atoms with Gasteiger partial charge in [0.2, 0.25) is 5.91 Å². The molecule has 0 aliphatic rings.